The molecule has 1 aliphatic heterocycles. The third-order valence-electron chi connectivity index (χ3n) is 2.79. The van der Waals surface area contributed by atoms with Gasteiger partial charge in [-0.1, -0.05) is 0 Å². The minimum absolute atomic E-state index is 0.0274. The van der Waals surface area contributed by atoms with E-state index in [9.17, 15) is 4.79 Å². The van der Waals surface area contributed by atoms with Crippen LogP contribution in [0.1, 0.15) is 10.5 Å². The molecule has 16 heavy (non-hydrogen) atoms. The molecule has 5 heteroatoms. The van der Waals surface area contributed by atoms with Gasteiger partial charge in [0, 0.05) is 38.1 Å². The van der Waals surface area contributed by atoms with Crippen LogP contribution in [0, 0.1) is 0 Å². The van der Waals surface area contributed by atoms with E-state index in [0.29, 0.717) is 11.4 Å². The second-order valence-corrected chi connectivity index (χ2v) is 4.07. The van der Waals surface area contributed by atoms with Crippen LogP contribution >= 0.6 is 0 Å². The number of nitrogens with zero attached hydrogens (tertiary/aromatic N) is 3. The zero-order valence-electron chi connectivity index (χ0n) is 9.39. The number of nitrogen functional groups attached to an aromatic ring is 1. The second kappa shape index (κ2) is 4.49. The van der Waals surface area contributed by atoms with Crippen molar-refractivity contribution in [1.29, 1.82) is 0 Å². The lowest BCUT2D eigenvalue weighted by Crippen LogP contribution is -2.47. The molecular weight excluding hydrogens is 204 g/mol. The normalized spacial score (nSPS) is 17.4. The third-order valence-corrected chi connectivity index (χ3v) is 2.79. The van der Waals surface area contributed by atoms with Crippen LogP contribution in [0.25, 0.3) is 0 Å². The Morgan fingerprint density at radius 2 is 2.06 bits per heavy atom. The predicted molar refractivity (Wildman–Crippen MR) is 62.0 cm³/mol. The van der Waals surface area contributed by atoms with Gasteiger partial charge in [0.15, 0.2) is 0 Å². The molecule has 1 aromatic heterocycles. The molecule has 5 nitrogen and oxygen atoms in total. The Bertz CT molecular complexity index is 385. The summed E-state index contributed by atoms with van der Waals surface area (Å²) in [6.45, 7) is 3.33. The summed E-state index contributed by atoms with van der Waals surface area (Å²) in [5.41, 5.74) is 6.64. The van der Waals surface area contributed by atoms with Crippen LogP contribution in [0.15, 0.2) is 18.3 Å². The van der Waals surface area contributed by atoms with Crippen LogP contribution in [0.2, 0.25) is 0 Å². The molecule has 2 N–H and O–H groups in total. The molecule has 2 rings (SSSR count). The molecule has 0 radical (unpaired) electrons. The average molecular weight is 220 g/mol. The molecule has 0 spiro atoms. The number of hydrogen-bond acceptors (Lipinski definition) is 4. The number of anilines is 1. The number of hydrogen-bond donors (Lipinski definition) is 1. The zero-order chi connectivity index (χ0) is 11.5. The predicted octanol–water partition coefficient (Wildman–Crippen LogP) is 0.0514. The molecule has 0 aromatic carbocycles. The van der Waals surface area contributed by atoms with Crippen molar-refractivity contribution in [3.05, 3.63) is 24.0 Å². The van der Waals surface area contributed by atoms with Crippen molar-refractivity contribution < 1.29 is 4.79 Å². The van der Waals surface area contributed by atoms with Gasteiger partial charge < -0.3 is 15.5 Å². The molecule has 1 saturated heterocycles. The first-order valence-corrected chi connectivity index (χ1v) is 5.36. The summed E-state index contributed by atoms with van der Waals surface area (Å²) in [6, 6.07) is 3.31. The molecule has 1 fully saturated rings. The van der Waals surface area contributed by atoms with E-state index in [2.05, 4.69) is 16.9 Å². The number of likely N-dealkylation sites (N-methyl/N-ethyl adjacent to an activating group) is 1. The lowest BCUT2D eigenvalue weighted by molar-refractivity contribution is 0.0658. The third kappa shape index (κ3) is 2.30. The molecule has 1 amide bonds. The topological polar surface area (TPSA) is 62.5 Å². The minimum atomic E-state index is -0.0274. The monoisotopic (exact) mass is 220 g/mol. The average Bonchev–Trinajstić information content (AvgIpc) is 2.29. The van der Waals surface area contributed by atoms with Crippen LogP contribution in [0.4, 0.5) is 5.69 Å². The van der Waals surface area contributed by atoms with Gasteiger partial charge in [-0.3, -0.25) is 9.78 Å². The molecular formula is C11H16N4O. The number of pyridine rings is 1. The van der Waals surface area contributed by atoms with E-state index in [0.717, 1.165) is 26.2 Å². The fraction of sp³-hybridized carbons (Fsp3) is 0.455. The fourth-order valence-electron chi connectivity index (χ4n) is 1.74. The summed E-state index contributed by atoms with van der Waals surface area (Å²) in [7, 11) is 2.06. The minimum Gasteiger partial charge on any atom is -0.399 e. The van der Waals surface area contributed by atoms with Gasteiger partial charge in [-0.25, -0.2) is 0 Å². The lowest BCUT2D eigenvalue weighted by Gasteiger charge is -2.32. The quantitative estimate of drug-likeness (QED) is 0.726. The Labute approximate surface area is 94.9 Å². The highest BCUT2D eigenvalue weighted by molar-refractivity contribution is 5.93. The number of piperazine rings is 1. The summed E-state index contributed by atoms with van der Waals surface area (Å²) < 4.78 is 0. The van der Waals surface area contributed by atoms with Crippen molar-refractivity contribution in [3.63, 3.8) is 0 Å². The van der Waals surface area contributed by atoms with E-state index in [1.165, 1.54) is 0 Å². The van der Waals surface area contributed by atoms with Crippen molar-refractivity contribution in [2.45, 2.75) is 0 Å². The Balaban J connectivity index is 2.08. The number of aromatic nitrogens is 1. The Morgan fingerprint density at radius 1 is 1.38 bits per heavy atom. The van der Waals surface area contributed by atoms with Gasteiger partial charge in [-0.15, -0.1) is 0 Å². The van der Waals surface area contributed by atoms with Gasteiger partial charge in [0.25, 0.3) is 5.91 Å². The van der Waals surface area contributed by atoms with Gasteiger partial charge in [0.2, 0.25) is 0 Å². The van der Waals surface area contributed by atoms with Crippen molar-refractivity contribution in [2.75, 3.05) is 39.0 Å². The van der Waals surface area contributed by atoms with Gasteiger partial charge in [-0.05, 0) is 19.2 Å². The molecule has 0 atom stereocenters. The van der Waals surface area contributed by atoms with E-state index in [1.807, 2.05) is 4.90 Å². The van der Waals surface area contributed by atoms with Crippen LogP contribution in [-0.2, 0) is 0 Å². The number of carbonyl (C=O) groups is 1. The van der Waals surface area contributed by atoms with E-state index in [1.54, 1.807) is 18.3 Å². The lowest BCUT2D eigenvalue weighted by atomic mass is 10.2. The standard InChI is InChI=1S/C11H16N4O/c1-14-4-6-15(7-5-14)11(16)10-8-9(12)2-3-13-10/h2-3,8H,4-7H2,1H3,(H2,12,13). The summed E-state index contributed by atoms with van der Waals surface area (Å²) >= 11 is 0. The van der Waals surface area contributed by atoms with Crippen molar-refractivity contribution in [2.24, 2.45) is 0 Å². The second-order valence-electron chi connectivity index (χ2n) is 4.07. The highest BCUT2D eigenvalue weighted by Gasteiger charge is 2.21. The van der Waals surface area contributed by atoms with Crippen molar-refractivity contribution in [3.8, 4) is 0 Å². The zero-order valence-corrected chi connectivity index (χ0v) is 9.39. The molecule has 0 aliphatic carbocycles. The molecule has 0 saturated carbocycles. The molecule has 1 aromatic rings. The van der Waals surface area contributed by atoms with Gasteiger partial charge in [0.1, 0.15) is 5.69 Å². The van der Waals surface area contributed by atoms with E-state index in [-0.39, 0.29) is 5.91 Å². The molecule has 0 bridgehead atoms. The number of nitrogens with two attached hydrogens (primary N) is 1. The van der Waals surface area contributed by atoms with E-state index >= 15 is 0 Å². The summed E-state index contributed by atoms with van der Waals surface area (Å²) in [5, 5.41) is 0. The summed E-state index contributed by atoms with van der Waals surface area (Å²) in [6.07, 6.45) is 1.57. The Hall–Kier alpha value is -1.62. The van der Waals surface area contributed by atoms with Crippen LogP contribution in [-0.4, -0.2) is 53.9 Å². The highest BCUT2D eigenvalue weighted by Crippen LogP contribution is 2.08. The summed E-state index contributed by atoms with van der Waals surface area (Å²) in [5.74, 6) is -0.0274. The van der Waals surface area contributed by atoms with Crippen molar-refractivity contribution >= 4 is 11.6 Å². The first kappa shape index (κ1) is 10.9. The molecule has 86 valence electrons. The molecule has 1 aliphatic rings. The SMILES string of the molecule is CN1CCN(C(=O)c2cc(N)ccn2)CC1. The molecule has 2 heterocycles. The van der Waals surface area contributed by atoms with Gasteiger partial charge in [0.05, 0.1) is 0 Å². The van der Waals surface area contributed by atoms with Crippen LogP contribution < -0.4 is 5.73 Å². The first-order chi connectivity index (χ1) is 7.66. The first-order valence-electron chi connectivity index (χ1n) is 5.36. The smallest absolute Gasteiger partial charge is 0.272 e. The number of rotatable bonds is 1. The van der Waals surface area contributed by atoms with Crippen LogP contribution in [0.5, 0.6) is 0 Å². The van der Waals surface area contributed by atoms with E-state index in [4.69, 9.17) is 5.73 Å². The van der Waals surface area contributed by atoms with E-state index < -0.39 is 0 Å². The fourth-order valence-corrected chi connectivity index (χ4v) is 1.74. The highest BCUT2D eigenvalue weighted by atomic mass is 16.2. The van der Waals surface area contributed by atoms with Gasteiger partial charge in [-0.2, -0.15) is 0 Å². The van der Waals surface area contributed by atoms with Crippen molar-refractivity contribution in [1.82, 2.24) is 14.8 Å². The maximum atomic E-state index is 12.0. The number of carbonyl (C=O) groups excluding carboxylic acids is 1. The largest absolute Gasteiger partial charge is 0.399 e. The molecule has 0 unspecified atom stereocenters. The van der Waals surface area contributed by atoms with Crippen LogP contribution in [0.3, 0.4) is 0 Å². The summed E-state index contributed by atoms with van der Waals surface area (Å²) in [4.78, 5) is 20.1. The van der Waals surface area contributed by atoms with Gasteiger partial charge >= 0.3 is 0 Å². The Kier molecular flexibility index (Phi) is 3.05. The number of amides is 1. The maximum Gasteiger partial charge on any atom is 0.272 e. The Morgan fingerprint density at radius 3 is 2.69 bits per heavy atom. The maximum absolute atomic E-state index is 12.0.